The quantitative estimate of drug-likeness (QED) is 0.0962. The van der Waals surface area contributed by atoms with Gasteiger partial charge in [0, 0.05) is 37.1 Å². The van der Waals surface area contributed by atoms with Gasteiger partial charge in [0.2, 0.25) is 0 Å². The van der Waals surface area contributed by atoms with Crippen LogP contribution in [0.1, 0.15) is 25.8 Å². The second-order valence-electron chi connectivity index (χ2n) is 7.63. The van der Waals surface area contributed by atoms with Gasteiger partial charge < -0.3 is 26.6 Å². The molecule has 0 saturated heterocycles. The molecule has 0 aliphatic carbocycles. The van der Waals surface area contributed by atoms with E-state index in [1.54, 1.807) is 37.3 Å². The summed E-state index contributed by atoms with van der Waals surface area (Å²) in [6.07, 6.45) is 6.49. The fourth-order valence-corrected chi connectivity index (χ4v) is 3.40. The zero-order chi connectivity index (χ0) is 28.3. The van der Waals surface area contributed by atoms with E-state index in [1.807, 2.05) is 6.92 Å². The highest BCUT2D eigenvalue weighted by atomic mass is 19.3. The summed E-state index contributed by atoms with van der Waals surface area (Å²) in [6.45, 7) is 14.6. The number of alkyl halides is 2. The van der Waals surface area contributed by atoms with Crippen molar-refractivity contribution < 1.29 is 13.2 Å². The van der Waals surface area contributed by atoms with Crippen molar-refractivity contribution in [2.75, 3.05) is 24.7 Å². The number of nitrogens with two attached hydrogens (primary N) is 1. The Morgan fingerprint density at radius 3 is 2.41 bits per heavy atom. The summed E-state index contributed by atoms with van der Waals surface area (Å²) in [6, 6.07) is 3.59. The van der Waals surface area contributed by atoms with Gasteiger partial charge in [-0.2, -0.15) is 5.26 Å². The Bertz CT molecular complexity index is 1210. The Morgan fingerprint density at radius 1 is 1.32 bits per heavy atom. The minimum absolute atomic E-state index is 0.0169. The minimum atomic E-state index is -3.02. The van der Waals surface area contributed by atoms with Crippen molar-refractivity contribution in [2.24, 2.45) is 10.7 Å². The fourth-order valence-electron chi connectivity index (χ4n) is 3.40. The van der Waals surface area contributed by atoms with Crippen LogP contribution in [-0.2, 0) is 0 Å². The maximum absolute atomic E-state index is 14.8. The molecule has 10 heteroatoms. The smallest absolute Gasteiger partial charge is 0.264 e. The van der Waals surface area contributed by atoms with Crippen LogP contribution in [0.25, 0.3) is 5.70 Å². The third-order valence-electron chi connectivity index (χ3n) is 5.11. The molecule has 37 heavy (non-hydrogen) atoms. The lowest BCUT2D eigenvalue weighted by molar-refractivity contribution is 0.193. The van der Waals surface area contributed by atoms with Crippen molar-refractivity contribution in [3.05, 3.63) is 78.2 Å². The minimum Gasteiger partial charge on any atom is -0.392 e. The number of anilines is 2. The number of hydrogen-bond donors (Lipinski definition) is 4. The zero-order valence-electron chi connectivity index (χ0n) is 21.4. The number of nitriles is 1. The zero-order valence-corrected chi connectivity index (χ0v) is 21.4. The van der Waals surface area contributed by atoms with Crippen molar-refractivity contribution in [3.63, 3.8) is 0 Å². The van der Waals surface area contributed by atoms with E-state index in [4.69, 9.17) is 12.2 Å². The molecule has 196 valence electrons. The van der Waals surface area contributed by atoms with Gasteiger partial charge in [-0.1, -0.05) is 32.6 Å². The molecule has 0 radical (unpaired) electrons. The Hall–Kier alpha value is -4.57. The van der Waals surface area contributed by atoms with Gasteiger partial charge >= 0.3 is 0 Å². The van der Waals surface area contributed by atoms with Gasteiger partial charge in [0.05, 0.1) is 28.9 Å². The Kier molecular flexibility index (Phi) is 11.6. The second-order valence-corrected chi connectivity index (χ2v) is 7.63. The number of aliphatic imine (C=N–C) groups is 1. The van der Waals surface area contributed by atoms with E-state index in [-0.39, 0.29) is 34.3 Å². The lowest BCUT2D eigenvalue weighted by atomic mass is 10.0. The van der Waals surface area contributed by atoms with E-state index < -0.39 is 29.4 Å². The summed E-state index contributed by atoms with van der Waals surface area (Å²) in [5.74, 6) is 1.77. The number of allylic oxidation sites excluding steroid dienone is 3. The van der Waals surface area contributed by atoms with E-state index in [9.17, 15) is 18.4 Å². The van der Waals surface area contributed by atoms with Crippen LogP contribution >= 0.6 is 0 Å². The Morgan fingerprint density at radius 2 is 1.97 bits per heavy atom. The molecule has 1 aromatic rings. The van der Waals surface area contributed by atoms with Crippen LogP contribution in [0.4, 0.5) is 24.5 Å². The van der Waals surface area contributed by atoms with Crippen LogP contribution < -0.4 is 21.7 Å². The van der Waals surface area contributed by atoms with E-state index in [0.29, 0.717) is 12.1 Å². The number of terminal acetylenes is 1. The van der Waals surface area contributed by atoms with Crippen LogP contribution in [0.5, 0.6) is 0 Å². The SMILES string of the molecule is C#CC(CC)N(C(=C)c1cc(F)cc(NC)c1N/C(N=C(C)N)=C(\C#N)C(=C)C(F)F)/C(C=C)=C/NC. The van der Waals surface area contributed by atoms with Crippen molar-refractivity contribution in [2.45, 2.75) is 32.7 Å². The number of nitrogens with zero attached hydrogens (tertiary/aromatic N) is 3. The van der Waals surface area contributed by atoms with E-state index in [0.717, 1.165) is 0 Å². The fraction of sp³-hybridized carbons (Fsp3) is 0.259. The monoisotopic (exact) mass is 511 g/mol. The molecule has 7 nitrogen and oxygen atoms in total. The molecule has 0 saturated carbocycles. The van der Waals surface area contributed by atoms with Gasteiger partial charge in [0.15, 0.2) is 5.82 Å². The average Bonchev–Trinajstić information content (AvgIpc) is 2.86. The highest BCUT2D eigenvalue weighted by Crippen LogP contribution is 2.38. The summed E-state index contributed by atoms with van der Waals surface area (Å²) < 4.78 is 41.7. The first-order valence-corrected chi connectivity index (χ1v) is 11.2. The number of benzene rings is 1. The van der Waals surface area contributed by atoms with Gasteiger partial charge in [0.1, 0.15) is 17.5 Å². The first-order valence-electron chi connectivity index (χ1n) is 11.2. The molecule has 0 aromatic heterocycles. The highest BCUT2D eigenvalue weighted by molar-refractivity contribution is 5.87. The van der Waals surface area contributed by atoms with Gasteiger partial charge in [0.25, 0.3) is 6.43 Å². The van der Waals surface area contributed by atoms with Gasteiger partial charge in [-0.05, 0) is 31.6 Å². The predicted molar refractivity (Wildman–Crippen MR) is 146 cm³/mol. The lowest BCUT2D eigenvalue weighted by Gasteiger charge is -2.34. The largest absolute Gasteiger partial charge is 0.392 e. The molecule has 0 heterocycles. The molecule has 0 fully saturated rings. The summed E-state index contributed by atoms with van der Waals surface area (Å²) in [5.41, 5.74) is 5.90. The molecule has 0 spiro atoms. The molecule has 0 aliphatic heterocycles. The average molecular weight is 512 g/mol. The van der Waals surface area contributed by atoms with Crippen molar-refractivity contribution in [3.8, 4) is 18.4 Å². The molecule has 0 amide bonds. The van der Waals surface area contributed by atoms with E-state index in [2.05, 4.69) is 46.6 Å². The Balaban J connectivity index is 4.04. The standard InChI is InChI=1S/C27H32F3N7/c1-9-20(10-2)37(21(11-3)15-33-7)17(5)22-12-19(28)13-24(34-8)25(22)36-27(35-18(6)32)23(14-31)16(4)26(29)30/h1,11-13,15,20,26,33-34,36H,3-5,10H2,2,6-8H3,(H2,32,35)/b21-15+,27-23+. The molecule has 5 N–H and O–H groups in total. The van der Waals surface area contributed by atoms with Crippen LogP contribution in [0.15, 0.2) is 71.8 Å². The number of amidine groups is 1. The molecule has 1 rings (SSSR count). The van der Waals surface area contributed by atoms with Crippen molar-refractivity contribution in [1.82, 2.24) is 10.2 Å². The lowest BCUT2D eigenvalue weighted by Crippen LogP contribution is -2.32. The molecule has 1 atom stereocenters. The summed E-state index contributed by atoms with van der Waals surface area (Å²) in [5, 5.41) is 18.3. The van der Waals surface area contributed by atoms with E-state index >= 15 is 0 Å². The van der Waals surface area contributed by atoms with Crippen molar-refractivity contribution >= 4 is 22.9 Å². The third kappa shape index (κ3) is 7.45. The number of nitrogens with one attached hydrogen (secondary N) is 3. The van der Waals surface area contributed by atoms with Gasteiger partial charge in [-0.3, -0.25) is 0 Å². The van der Waals surface area contributed by atoms with Gasteiger partial charge in [-0.25, -0.2) is 18.2 Å². The first kappa shape index (κ1) is 30.5. The predicted octanol–water partition coefficient (Wildman–Crippen LogP) is 5.14. The highest BCUT2D eigenvalue weighted by Gasteiger charge is 2.26. The second kappa shape index (κ2) is 14.1. The number of rotatable bonds is 13. The van der Waals surface area contributed by atoms with Crippen LogP contribution in [0.2, 0.25) is 0 Å². The van der Waals surface area contributed by atoms with E-state index in [1.165, 1.54) is 19.1 Å². The molecule has 0 aliphatic rings. The van der Waals surface area contributed by atoms with Crippen molar-refractivity contribution in [1.29, 1.82) is 5.26 Å². The number of halogens is 3. The molecular formula is C27H32F3N7. The topological polar surface area (TPSA) is 102 Å². The molecule has 1 unspecified atom stereocenters. The molecule has 0 bridgehead atoms. The van der Waals surface area contributed by atoms with Crippen LogP contribution in [0.3, 0.4) is 0 Å². The third-order valence-corrected chi connectivity index (χ3v) is 5.11. The van der Waals surface area contributed by atoms with Crippen LogP contribution in [0, 0.1) is 29.5 Å². The summed E-state index contributed by atoms with van der Waals surface area (Å²) in [4.78, 5) is 5.74. The maximum atomic E-state index is 14.8. The summed E-state index contributed by atoms with van der Waals surface area (Å²) in [7, 11) is 3.24. The molecule has 1 aromatic carbocycles. The van der Waals surface area contributed by atoms with Crippen LogP contribution in [-0.4, -0.2) is 37.3 Å². The first-order chi connectivity index (χ1) is 17.5. The normalized spacial score (nSPS) is 13.0. The molecular weight excluding hydrogens is 479 g/mol. The maximum Gasteiger partial charge on any atom is 0.264 e. The van der Waals surface area contributed by atoms with Gasteiger partial charge in [-0.15, -0.1) is 6.42 Å². The number of hydrogen-bond acceptors (Lipinski definition) is 6. The summed E-state index contributed by atoms with van der Waals surface area (Å²) >= 11 is 0. The Labute approximate surface area is 216 Å².